The molecule has 2 aliphatic rings. The molecular weight excluding hydrogens is 346 g/mol. The quantitative estimate of drug-likeness (QED) is 0.825. The summed E-state index contributed by atoms with van der Waals surface area (Å²) < 4.78 is 31.2. The van der Waals surface area contributed by atoms with Crippen LogP contribution in [0.25, 0.3) is 0 Å². The van der Waals surface area contributed by atoms with E-state index in [1.54, 1.807) is 6.20 Å². The molecule has 2 atom stereocenters. The Morgan fingerprint density at radius 1 is 0.962 bits per heavy atom. The van der Waals surface area contributed by atoms with Gasteiger partial charge in [-0.2, -0.15) is 9.40 Å². The third kappa shape index (κ3) is 2.62. The largest absolute Gasteiger partial charge is 0.270 e. The molecule has 140 valence electrons. The molecule has 0 N–H and O–H groups in total. The molecule has 0 amide bonds. The first-order valence-electron chi connectivity index (χ1n) is 9.40. The zero-order valence-electron chi connectivity index (χ0n) is 15.9. The summed E-state index contributed by atoms with van der Waals surface area (Å²) in [7, 11) is -3.49. The van der Waals surface area contributed by atoms with Crippen molar-refractivity contribution in [3.8, 4) is 0 Å². The number of hydrogen-bond acceptors (Lipinski definition) is 3. The fourth-order valence-corrected chi connectivity index (χ4v) is 7.36. The lowest BCUT2D eigenvalue weighted by Crippen LogP contribution is -2.47. The predicted octanol–water partition coefficient (Wildman–Crippen LogP) is 3.67. The third-order valence-electron chi connectivity index (χ3n) is 6.37. The van der Waals surface area contributed by atoms with Crippen LogP contribution in [0.1, 0.15) is 54.0 Å². The van der Waals surface area contributed by atoms with Crippen molar-refractivity contribution in [2.24, 2.45) is 0 Å². The second-order valence-corrected chi connectivity index (χ2v) is 9.70. The minimum absolute atomic E-state index is 0.0765. The van der Waals surface area contributed by atoms with Gasteiger partial charge in [0.05, 0.1) is 10.9 Å². The van der Waals surface area contributed by atoms with Crippen LogP contribution in [0.5, 0.6) is 0 Å². The topological polar surface area (TPSA) is 55.2 Å². The van der Waals surface area contributed by atoms with Crippen LogP contribution in [0, 0.1) is 27.7 Å². The SMILES string of the molecule is Cc1cc(C)c(C)c(S(=O)(=O)N2C3CCC2CC(n2cccn2)C3)c1C. The molecule has 3 heterocycles. The number of fused-ring (bicyclic) bond motifs is 2. The summed E-state index contributed by atoms with van der Waals surface area (Å²) in [6.07, 6.45) is 7.38. The molecule has 2 unspecified atom stereocenters. The average molecular weight is 374 g/mol. The van der Waals surface area contributed by atoms with E-state index in [9.17, 15) is 8.42 Å². The number of piperidine rings is 1. The van der Waals surface area contributed by atoms with Gasteiger partial charge in [0.2, 0.25) is 10.0 Å². The van der Waals surface area contributed by atoms with E-state index in [4.69, 9.17) is 0 Å². The van der Waals surface area contributed by atoms with Gasteiger partial charge in [-0.1, -0.05) is 6.07 Å². The first kappa shape index (κ1) is 17.7. The van der Waals surface area contributed by atoms with Gasteiger partial charge >= 0.3 is 0 Å². The minimum atomic E-state index is -3.49. The second-order valence-electron chi connectivity index (χ2n) is 7.92. The van der Waals surface area contributed by atoms with Crippen LogP contribution in [0.15, 0.2) is 29.4 Å². The molecule has 2 bridgehead atoms. The molecule has 26 heavy (non-hydrogen) atoms. The van der Waals surface area contributed by atoms with Gasteiger partial charge in [-0.05, 0) is 81.7 Å². The van der Waals surface area contributed by atoms with Crippen molar-refractivity contribution in [1.82, 2.24) is 14.1 Å². The van der Waals surface area contributed by atoms with Crippen LogP contribution in [-0.2, 0) is 10.0 Å². The van der Waals surface area contributed by atoms with Crippen LogP contribution in [0.3, 0.4) is 0 Å². The van der Waals surface area contributed by atoms with E-state index in [2.05, 4.69) is 11.2 Å². The zero-order chi connectivity index (χ0) is 18.6. The summed E-state index contributed by atoms with van der Waals surface area (Å²) in [4.78, 5) is 0.532. The van der Waals surface area contributed by atoms with Crippen LogP contribution >= 0.6 is 0 Å². The molecule has 4 rings (SSSR count). The number of aromatic nitrogens is 2. The van der Waals surface area contributed by atoms with Crippen molar-refractivity contribution in [2.45, 2.75) is 76.4 Å². The Morgan fingerprint density at radius 2 is 1.54 bits per heavy atom. The van der Waals surface area contributed by atoms with E-state index in [-0.39, 0.29) is 12.1 Å². The van der Waals surface area contributed by atoms with Crippen molar-refractivity contribution in [2.75, 3.05) is 0 Å². The molecule has 1 aromatic carbocycles. The van der Waals surface area contributed by atoms with Crippen LogP contribution < -0.4 is 0 Å². The molecule has 6 heteroatoms. The van der Waals surface area contributed by atoms with Gasteiger partial charge < -0.3 is 0 Å². The predicted molar refractivity (Wildman–Crippen MR) is 102 cm³/mol. The normalized spacial score (nSPS) is 26.4. The molecule has 2 fully saturated rings. The summed E-state index contributed by atoms with van der Waals surface area (Å²) in [5.41, 5.74) is 3.87. The molecule has 2 aromatic rings. The maximum Gasteiger partial charge on any atom is 0.244 e. The van der Waals surface area contributed by atoms with Gasteiger partial charge in [0, 0.05) is 24.5 Å². The maximum absolute atomic E-state index is 13.7. The highest BCUT2D eigenvalue weighted by atomic mass is 32.2. The fourth-order valence-electron chi connectivity index (χ4n) is 4.88. The molecular formula is C20H27N3O2S. The van der Waals surface area contributed by atoms with Crippen molar-refractivity contribution in [1.29, 1.82) is 0 Å². The second kappa shape index (κ2) is 6.20. The molecule has 0 spiro atoms. The van der Waals surface area contributed by atoms with Crippen molar-refractivity contribution >= 4 is 10.0 Å². The first-order valence-corrected chi connectivity index (χ1v) is 10.8. The number of rotatable bonds is 3. The minimum Gasteiger partial charge on any atom is -0.270 e. The van der Waals surface area contributed by atoms with Gasteiger partial charge in [-0.3, -0.25) is 4.68 Å². The number of aryl methyl sites for hydroxylation is 2. The first-order chi connectivity index (χ1) is 12.3. The highest BCUT2D eigenvalue weighted by molar-refractivity contribution is 7.89. The Labute approximate surface area is 156 Å². The molecule has 0 saturated carbocycles. The summed E-state index contributed by atoms with van der Waals surface area (Å²) in [5, 5.41) is 4.38. The van der Waals surface area contributed by atoms with E-state index in [1.807, 2.05) is 48.9 Å². The van der Waals surface area contributed by atoms with Crippen molar-refractivity contribution in [3.63, 3.8) is 0 Å². The lowest BCUT2D eigenvalue weighted by Gasteiger charge is -2.38. The Bertz CT molecular complexity index is 894. The molecule has 2 aliphatic heterocycles. The lowest BCUT2D eigenvalue weighted by atomic mass is 10.00. The highest BCUT2D eigenvalue weighted by Crippen LogP contribution is 2.44. The van der Waals surface area contributed by atoms with Gasteiger partial charge in [-0.25, -0.2) is 8.42 Å². The van der Waals surface area contributed by atoms with E-state index >= 15 is 0 Å². The van der Waals surface area contributed by atoms with Crippen LogP contribution in [0.2, 0.25) is 0 Å². The van der Waals surface area contributed by atoms with E-state index < -0.39 is 10.0 Å². The number of sulfonamides is 1. The van der Waals surface area contributed by atoms with Gasteiger partial charge in [0.25, 0.3) is 0 Å². The summed E-state index contributed by atoms with van der Waals surface area (Å²) in [6.45, 7) is 7.87. The third-order valence-corrected chi connectivity index (χ3v) is 8.65. The van der Waals surface area contributed by atoms with Gasteiger partial charge in [-0.15, -0.1) is 0 Å². The van der Waals surface area contributed by atoms with E-state index in [0.717, 1.165) is 47.9 Å². The molecule has 0 aliphatic carbocycles. The molecule has 5 nitrogen and oxygen atoms in total. The molecule has 0 radical (unpaired) electrons. The van der Waals surface area contributed by atoms with Crippen molar-refractivity contribution in [3.05, 3.63) is 46.8 Å². The van der Waals surface area contributed by atoms with Crippen LogP contribution in [0.4, 0.5) is 0 Å². The fraction of sp³-hybridized carbons (Fsp3) is 0.550. The molecule has 2 saturated heterocycles. The number of benzene rings is 1. The zero-order valence-corrected chi connectivity index (χ0v) is 16.8. The van der Waals surface area contributed by atoms with Gasteiger partial charge in [0.1, 0.15) is 0 Å². The Balaban J connectivity index is 1.73. The Morgan fingerprint density at radius 3 is 2.04 bits per heavy atom. The maximum atomic E-state index is 13.7. The van der Waals surface area contributed by atoms with Crippen molar-refractivity contribution < 1.29 is 8.42 Å². The number of nitrogens with zero attached hydrogens (tertiary/aromatic N) is 3. The van der Waals surface area contributed by atoms with E-state index in [0.29, 0.717) is 10.9 Å². The standard InChI is InChI=1S/C20H27N3O2S/c1-13-10-14(2)16(4)20(15(13)3)26(24,25)23-17-6-7-18(23)12-19(11-17)22-9-5-8-21-22/h5,8-10,17-19H,6-7,11-12H2,1-4H3. The lowest BCUT2D eigenvalue weighted by molar-refractivity contribution is 0.184. The monoisotopic (exact) mass is 373 g/mol. The molecule has 1 aromatic heterocycles. The van der Waals surface area contributed by atoms with Crippen LogP contribution in [-0.4, -0.2) is 34.6 Å². The summed E-state index contributed by atoms with van der Waals surface area (Å²) in [5.74, 6) is 0. The summed E-state index contributed by atoms with van der Waals surface area (Å²) >= 11 is 0. The number of hydrogen-bond donors (Lipinski definition) is 0. The summed E-state index contributed by atoms with van der Waals surface area (Å²) in [6, 6.07) is 4.48. The van der Waals surface area contributed by atoms with Gasteiger partial charge in [0.15, 0.2) is 0 Å². The highest BCUT2D eigenvalue weighted by Gasteiger charge is 2.48. The smallest absolute Gasteiger partial charge is 0.244 e. The average Bonchev–Trinajstić information content (AvgIpc) is 3.20. The van der Waals surface area contributed by atoms with E-state index in [1.165, 1.54) is 0 Å². The Hall–Kier alpha value is -1.66. The Kier molecular flexibility index (Phi) is 4.23.